The topological polar surface area (TPSA) is 68.0 Å². The number of hydrogen-bond acceptors (Lipinski definition) is 4. The minimum Gasteiger partial charge on any atom is -0.368 e. The van der Waals surface area contributed by atoms with Crippen molar-refractivity contribution in [1.29, 1.82) is 0 Å². The van der Waals surface area contributed by atoms with Crippen molar-refractivity contribution in [2.75, 3.05) is 18.4 Å². The van der Waals surface area contributed by atoms with Crippen LogP contribution in [0.15, 0.2) is 18.5 Å². The molecule has 4 rings (SSSR count). The van der Waals surface area contributed by atoms with Gasteiger partial charge in [-0.15, -0.1) is 0 Å². The molecule has 1 amide bonds. The maximum atomic E-state index is 13.5. The Balaban J connectivity index is 1.56. The second-order valence-electron chi connectivity index (χ2n) is 7.73. The first-order chi connectivity index (χ1) is 13.2. The molecule has 0 radical (unpaired) electrons. The van der Waals surface area contributed by atoms with Crippen LogP contribution >= 0.6 is 0 Å². The van der Waals surface area contributed by atoms with E-state index in [2.05, 4.69) is 15.5 Å². The molecule has 152 valence electrons. The molecule has 1 saturated heterocycles. The van der Waals surface area contributed by atoms with Crippen molar-refractivity contribution in [3.05, 3.63) is 29.7 Å². The fourth-order valence-electron chi connectivity index (χ4n) is 4.09. The van der Waals surface area contributed by atoms with Crippen LogP contribution in [-0.2, 0) is 7.05 Å². The molecule has 10 heteroatoms. The number of halogens is 3. The smallest absolute Gasteiger partial charge is 0.368 e. The highest BCUT2D eigenvalue weighted by Gasteiger charge is 2.46. The molecule has 2 aliphatic heterocycles. The number of amides is 1. The maximum absolute atomic E-state index is 13.5. The van der Waals surface area contributed by atoms with Crippen LogP contribution < -0.4 is 5.32 Å². The number of anilines is 1. The van der Waals surface area contributed by atoms with Crippen molar-refractivity contribution in [1.82, 2.24) is 24.5 Å². The molecule has 0 saturated carbocycles. The van der Waals surface area contributed by atoms with Gasteiger partial charge < -0.3 is 10.2 Å². The predicted octanol–water partition coefficient (Wildman–Crippen LogP) is 2.94. The number of piperidine rings is 1. The van der Waals surface area contributed by atoms with Crippen molar-refractivity contribution in [2.24, 2.45) is 7.05 Å². The average Bonchev–Trinajstić information content (AvgIpc) is 3.26. The highest BCUT2D eigenvalue weighted by molar-refractivity contribution is 5.93. The van der Waals surface area contributed by atoms with Crippen molar-refractivity contribution in [3.8, 4) is 0 Å². The van der Waals surface area contributed by atoms with E-state index in [0.29, 0.717) is 30.2 Å². The molecule has 3 atom stereocenters. The van der Waals surface area contributed by atoms with Crippen LogP contribution in [0, 0.1) is 0 Å². The molecule has 1 fully saturated rings. The van der Waals surface area contributed by atoms with Gasteiger partial charge in [0.15, 0.2) is 6.04 Å². The Labute approximate surface area is 160 Å². The van der Waals surface area contributed by atoms with Crippen molar-refractivity contribution in [2.45, 2.75) is 50.4 Å². The van der Waals surface area contributed by atoms with Gasteiger partial charge in [-0.05, 0) is 26.2 Å². The van der Waals surface area contributed by atoms with Crippen molar-refractivity contribution >= 4 is 11.7 Å². The van der Waals surface area contributed by atoms with Crippen LogP contribution in [0.2, 0.25) is 0 Å². The Morgan fingerprint density at radius 2 is 2.14 bits per heavy atom. The van der Waals surface area contributed by atoms with E-state index in [1.165, 1.54) is 6.20 Å². The molecule has 4 heterocycles. The molecule has 2 aliphatic rings. The highest BCUT2D eigenvalue weighted by Crippen LogP contribution is 2.40. The molecule has 7 nitrogen and oxygen atoms in total. The Hall–Kier alpha value is -2.52. The standard InChI is InChI=1S/C18H23F3N6O/c1-11-6-15(18(19,20)21)27-16(23-11)7-14(24-27)12-4-3-5-26(10-12)17(28)13-8-22-25(2)9-13/h7-9,11-12,15,23H,3-6,10H2,1-2H3/t11-,12?,15-/m1/s1. The summed E-state index contributed by atoms with van der Waals surface area (Å²) >= 11 is 0. The summed E-state index contributed by atoms with van der Waals surface area (Å²) in [6.07, 6.45) is 0.378. The van der Waals surface area contributed by atoms with Gasteiger partial charge in [-0.2, -0.15) is 23.4 Å². The SMILES string of the molecule is C[C@@H]1C[C@H](C(F)(F)F)n2nc(C3CCCN(C(=O)c4cnn(C)c4)C3)cc2N1. The molecule has 1 unspecified atom stereocenters. The van der Waals surface area contributed by atoms with Crippen molar-refractivity contribution in [3.63, 3.8) is 0 Å². The summed E-state index contributed by atoms with van der Waals surface area (Å²) in [6, 6.07) is -0.195. The Kier molecular flexibility index (Phi) is 4.59. The third-order valence-corrected chi connectivity index (χ3v) is 5.48. The minimum absolute atomic E-state index is 0.0477. The van der Waals surface area contributed by atoms with E-state index in [0.717, 1.165) is 17.5 Å². The normalized spacial score (nSPS) is 25.3. The van der Waals surface area contributed by atoms with Crippen LogP contribution in [-0.4, -0.2) is 55.7 Å². The first-order valence-electron chi connectivity index (χ1n) is 9.43. The minimum atomic E-state index is -4.34. The van der Waals surface area contributed by atoms with E-state index in [1.807, 2.05) is 0 Å². The number of rotatable bonds is 2. The van der Waals surface area contributed by atoms with Gasteiger partial charge >= 0.3 is 6.18 Å². The predicted molar refractivity (Wildman–Crippen MR) is 96.1 cm³/mol. The largest absolute Gasteiger partial charge is 0.410 e. The number of aryl methyl sites for hydroxylation is 1. The average molecular weight is 396 g/mol. The van der Waals surface area contributed by atoms with Crippen LogP contribution in [0.25, 0.3) is 0 Å². The summed E-state index contributed by atoms with van der Waals surface area (Å²) in [5.74, 6) is 0.201. The second kappa shape index (κ2) is 6.82. The van der Waals surface area contributed by atoms with Gasteiger partial charge in [-0.1, -0.05) is 0 Å². The fraction of sp³-hybridized carbons (Fsp3) is 0.611. The van der Waals surface area contributed by atoms with Gasteiger partial charge in [0, 0.05) is 44.4 Å². The summed E-state index contributed by atoms with van der Waals surface area (Å²) in [6.45, 7) is 2.80. The number of carbonyl (C=O) groups is 1. The number of nitrogens with zero attached hydrogens (tertiary/aromatic N) is 5. The molecule has 28 heavy (non-hydrogen) atoms. The number of fused-ring (bicyclic) bond motifs is 1. The summed E-state index contributed by atoms with van der Waals surface area (Å²) < 4.78 is 43.0. The summed E-state index contributed by atoms with van der Waals surface area (Å²) in [5.41, 5.74) is 1.12. The van der Waals surface area contributed by atoms with Gasteiger partial charge in [0.1, 0.15) is 5.82 Å². The monoisotopic (exact) mass is 396 g/mol. The van der Waals surface area contributed by atoms with Gasteiger partial charge in [0.05, 0.1) is 17.5 Å². The van der Waals surface area contributed by atoms with E-state index in [4.69, 9.17) is 0 Å². The lowest BCUT2D eigenvalue weighted by atomic mass is 9.94. The van der Waals surface area contributed by atoms with Crippen LogP contribution in [0.1, 0.15) is 54.2 Å². The lowest BCUT2D eigenvalue weighted by Crippen LogP contribution is -2.39. The zero-order valence-electron chi connectivity index (χ0n) is 15.8. The fourth-order valence-corrected chi connectivity index (χ4v) is 4.09. The van der Waals surface area contributed by atoms with Crippen molar-refractivity contribution < 1.29 is 18.0 Å². The summed E-state index contributed by atoms with van der Waals surface area (Å²) in [7, 11) is 1.75. The number of aromatic nitrogens is 4. The van der Waals surface area contributed by atoms with E-state index < -0.39 is 12.2 Å². The molecular weight excluding hydrogens is 373 g/mol. The maximum Gasteiger partial charge on any atom is 0.410 e. The molecule has 0 aliphatic carbocycles. The van der Waals surface area contributed by atoms with Crippen LogP contribution in [0.5, 0.6) is 0 Å². The second-order valence-corrected chi connectivity index (χ2v) is 7.73. The van der Waals surface area contributed by atoms with E-state index >= 15 is 0 Å². The number of nitrogens with one attached hydrogen (secondary N) is 1. The van der Waals surface area contributed by atoms with Gasteiger partial charge in [0.2, 0.25) is 0 Å². The lowest BCUT2D eigenvalue weighted by Gasteiger charge is -2.32. The van der Waals surface area contributed by atoms with Crippen LogP contribution in [0.3, 0.4) is 0 Å². The number of likely N-dealkylation sites (tertiary alicyclic amines) is 1. The number of hydrogen-bond donors (Lipinski definition) is 1. The van der Waals surface area contributed by atoms with E-state index in [9.17, 15) is 18.0 Å². The summed E-state index contributed by atoms with van der Waals surface area (Å²) in [4.78, 5) is 14.4. The molecule has 2 aromatic rings. The molecule has 0 bridgehead atoms. The zero-order valence-corrected chi connectivity index (χ0v) is 15.8. The molecule has 1 N–H and O–H groups in total. The Morgan fingerprint density at radius 3 is 2.82 bits per heavy atom. The number of alkyl halides is 3. The first-order valence-corrected chi connectivity index (χ1v) is 9.43. The Bertz CT molecular complexity index is 873. The van der Waals surface area contributed by atoms with Gasteiger partial charge in [0.25, 0.3) is 5.91 Å². The first kappa shape index (κ1) is 18.8. The molecule has 2 aromatic heterocycles. The lowest BCUT2D eigenvalue weighted by molar-refractivity contribution is -0.173. The third-order valence-electron chi connectivity index (χ3n) is 5.48. The van der Waals surface area contributed by atoms with E-state index in [1.54, 1.807) is 35.8 Å². The highest BCUT2D eigenvalue weighted by atomic mass is 19.4. The molecule has 0 aromatic carbocycles. The zero-order chi connectivity index (χ0) is 20.1. The summed E-state index contributed by atoms with van der Waals surface area (Å²) in [5, 5.41) is 11.4. The third kappa shape index (κ3) is 3.47. The molecule has 0 spiro atoms. The van der Waals surface area contributed by atoms with Crippen LogP contribution in [0.4, 0.5) is 19.0 Å². The van der Waals surface area contributed by atoms with Gasteiger partial charge in [-0.25, -0.2) is 4.68 Å². The number of carbonyl (C=O) groups excluding carboxylic acids is 1. The quantitative estimate of drug-likeness (QED) is 0.848. The van der Waals surface area contributed by atoms with Gasteiger partial charge in [-0.3, -0.25) is 9.48 Å². The van der Waals surface area contributed by atoms with E-state index in [-0.39, 0.29) is 24.3 Å². The molecular formula is C18H23F3N6O. The Morgan fingerprint density at radius 1 is 1.36 bits per heavy atom.